The number of hydrazone groups is 1. The number of carbonyl (C=O) groups excluding carboxylic acids is 1. The summed E-state index contributed by atoms with van der Waals surface area (Å²) in [6.07, 6.45) is 4.92. The van der Waals surface area contributed by atoms with E-state index >= 15 is 0 Å². The molecule has 0 aliphatic carbocycles. The summed E-state index contributed by atoms with van der Waals surface area (Å²) in [6.45, 7) is 2.18. The molecular weight excluding hydrogens is 379 g/mol. The van der Waals surface area contributed by atoms with E-state index in [1.165, 1.54) is 3.57 Å². The average Bonchev–Trinajstić information content (AvgIpc) is 2.47. The molecule has 0 unspecified atom stereocenters. The fraction of sp³-hybridized carbons (Fsp3) is 0.133. The van der Waals surface area contributed by atoms with E-state index in [9.17, 15) is 4.79 Å². The first kappa shape index (κ1) is 15.4. The van der Waals surface area contributed by atoms with Gasteiger partial charge in [-0.05, 0) is 71.0 Å². The van der Waals surface area contributed by atoms with Gasteiger partial charge in [0.2, 0.25) is 0 Å². The van der Waals surface area contributed by atoms with E-state index in [1.807, 2.05) is 31.2 Å². The molecule has 0 saturated heterocycles. The van der Waals surface area contributed by atoms with E-state index in [1.54, 1.807) is 18.6 Å². The molecule has 21 heavy (non-hydrogen) atoms. The number of aromatic nitrogens is 1. The predicted octanol–water partition coefficient (Wildman–Crippen LogP) is 2.56. The summed E-state index contributed by atoms with van der Waals surface area (Å²) in [5.74, 6) is -0.196. The lowest BCUT2D eigenvalue weighted by atomic mass is 10.2. The van der Waals surface area contributed by atoms with Crippen LogP contribution in [0.1, 0.15) is 11.1 Å². The Morgan fingerprint density at radius 3 is 2.81 bits per heavy atom. The van der Waals surface area contributed by atoms with Crippen molar-refractivity contribution in [3.63, 3.8) is 0 Å². The largest absolute Gasteiger partial charge is 0.376 e. The fourth-order valence-electron chi connectivity index (χ4n) is 1.67. The maximum Gasteiger partial charge on any atom is 0.259 e. The smallest absolute Gasteiger partial charge is 0.259 e. The molecule has 5 nitrogen and oxygen atoms in total. The van der Waals surface area contributed by atoms with Crippen LogP contribution < -0.4 is 10.7 Å². The first-order valence-corrected chi connectivity index (χ1v) is 7.45. The average molecular weight is 394 g/mol. The van der Waals surface area contributed by atoms with Crippen LogP contribution in [0.25, 0.3) is 0 Å². The van der Waals surface area contributed by atoms with Crippen LogP contribution in [0.15, 0.2) is 47.8 Å². The number of anilines is 1. The van der Waals surface area contributed by atoms with Gasteiger partial charge < -0.3 is 5.32 Å². The molecule has 0 saturated carbocycles. The van der Waals surface area contributed by atoms with Crippen molar-refractivity contribution in [1.29, 1.82) is 0 Å². The number of amides is 1. The van der Waals surface area contributed by atoms with E-state index in [2.05, 4.69) is 49.5 Å². The molecular formula is C15H15IN4O. The minimum absolute atomic E-state index is 0.176. The number of hydrogen-bond acceptors (Lipinski definition) is 4. The standard InChI is InChI=1S/C15H15IN4O/c1-11-8-13(16)2-3-14(11)18-10-15(21)20-19-9-12-4-6-17-7-5-12/h2-9,18H,10H2,1H3,(H,20,21)/b19-9+. The summed E-state index contributed by atoms with van der Waals surface area (Å²) in [7, 11) is 0. The van der Waals surface area contributed by atoms with Crippen molar-refractivity contribution in [2.45, 2.75) is 6.92 Å². The van der Waals surface area contributed by atoms with Gasteiger partial charge in [0.05, 0.1) is 12.8 Å². The highest BCUT2D eigenvalue weighted by molar-refractivity contribution is 14.1. The van der Waals surface area contributed by atoms with E-state index in [0.29, 0.717) is 0 Å². The number of nitrogens with one attached hydrogen (secondary N) is 2. The molecule has 0 aliphatic rings. The van der Waals surface area contributed by atoms with Gasteiger partial charge in [0.15, 0.2) is 0 Å². The van der Waals surface area contributed by atoms with Gasteiger partial charge in [-0.15, -0.1) is 0 Å². The summed E-state index contributed by atoms with van der Waals surface area (Å²) in [4.78, 5) is 15.6. The van der Waals surface area contributed by atoms with Crippen molar-refractivity contribution in [3.05, 3.63) is 57.4 Å². The number of carbonyl (C=O) groups is 1. The molecule has 0 fully saturated rings. The van der Waals surface area contributed by atoms with E-state index < -0.39 is 0 Å². The van der Waals surface area contributed by atoms with Crippen molar-refractivity contribution in [1.82, 2.24) is 10.4 Å². The molecule has 2 N–H and O–H groups in total. The molecule has 1 aromatic carbocycles. The number of nitrogens with zero attached hydrogens (tertiary/aromatic N) is 2. The Balaban J connectivity index is 1.81. The number of halogens is 1. The molecule has 1 heterocycles. The second kappa shape index (κ2) is 7.72. The van der Waals surface area contributed by atoms with Gasteiger partial charge in [0, 0.05) is 21.7 Å². The Morgan fingerprint density at radius 2 is 2.10 bits per heavy atom. The zero-order valence-corrected chi connectivity index (χ0v) is 13.7. The SMILES string of the molecule is Cc1cc(I)ccc1NCC(=O)N/N=C/c1ccncc1. The highest BCUT2D eigenvalue weighted by Crippen LogP contribution is 2.17. The van der Waals surface area contributed by atoms with Gasteiger partial charge in [-0.3, -0.25) is 9.78 Å². The monoisotopic (exact) mass is 394 g/mol. The van der Waals surface area contributed by atoms with Gasteiger partial charge in [0.25, 0.3) is 5.91 Å². The third-order valence-electron chi connectivity index (χ3n) is 2.74. The lowest BCUT2D eigenvalue weighted by Crippen LogP contribution is -2.26. The van der Waals surface area contributed by atoms with Crippen LogP contribution in [0.5, 0.6) is 0 Å². The molecule has 2 rings (SSSR count). The Labute approximate surface area is 137 Å². The summed E-state index contributed by atoms with van der Waals surface area (Å²) >= 11 is 2.26. The lowest BCUT2D eigenvalue weighted by molar-refractivity contribution is -0.119. The third kappa shape index (κ3) is 5.14. The molecule has 6 heteroatoms. The van der Waals surface area contributed by atoms with Crippen molar-refractivity contribution >= 4 is 40.4 Å². The Morgan fingerprint density at radius 1 is 1.33 bits per heavy atom. The first-order valence-electron chi connectivity index (χ1n) is 6.37. The molecule has 0 spiro atoms. The first-order chi connectivity index (χ1) is 10.1. The molecule has 1 amide bonds. The number of pyridine rings is 1. The highest BCUT2D eigenvalue weighted by atomic mass is 127. The van der Waals surface area contributed by atoms with Crippen LogP contribution in [0.4, 0.5) is 5.69 Å². The van der Waals surface area contributed by atoms with Crippen molar-refractivity contribution in [3.8, 4) is 0 Å². The topological polar surface area (TPSA) is 66.4 Å². The molecule has 0 atom stereocenters. The lowest BCUT2D eigenvalue weighted by Gasteiger charge is -2.08. The number of hydrogen-bond donors (Lipinski definition) is 2. The number of rotatable bonds is 5. The Hall–Kier alpha value is -1.96. The normalized spacial score (nSPS) is 10.6. The second-order valence-corrected chi connectivity index (χ2v) is 5.63. The third-order valence-corrected chi connectivity index (χ3v) is 3.41. The summed E-state index contributed by atoms with van der Waals surface area (Å²) < 4.78 is 1.17. The zero-order valence-electron chi connectivity index (χ0n) is 11.5. The molecule has 0 aliphatic heterocycles. The maximum atomic E-state index is 11.7. The molecule has 2 aromatic rings. The minimum Gasteiger partial charge on any atom is -0.376 e. The van der Waals surface area contributed by atoms with Crippen molar-refractivity contribution in [2.75, 3.05) is 11.9 Å². The fourth-order valence-corrected chi connectivity index (χ4v) is 2.32. The molecule has 0 bridgehead atoms. The Bertz CT molecular complexity index is 643. The van der Waals surface area contributed by atoms with Gasteiger partial charge in [-0.1, -0.05) is 0 Å². The summed E-state index contributed by atoms with van der Waals surface area (Å²) in [5.41, 5.74) is 5.41. The quantitative estimate of drug-likeness (QED) is 0.466. The molecule has 0 radical (unpaired) electrons. The van der Waals surface area contributed by atoms with E-state index in [0.717, 1.165) is 16.8 Å². The van der Waals surface area contributed by atoms with Crippen LogP contribution in [-0.2, 0) is 4.79 Å². The van der Waals surface area contributed by atoms with Crippen LogP contribution in [-0.4, -0.2) is 23.7 Å². The summed E-state index contributed by atoms with van der Waals surface area (Å²) in [6, 6.07) is 9.63. The van der Waals surface area contributed by atoms with E-state index in [4.69, 9.17) is 0 Å². The zero-order chi connectivity index (χ0) is 15.1. The number of aryl methyl sites for hydroxylation is 1. The van der Waals surface area contributed by atoms with Gasteiger partial charge in [-0.2, -0.15) is 5.10 Å². The van der Waals surface area contributed by atoms with Crippen LogP contribution >= 0.6 is 22.6 Å². The van der Waals surface area contributed by atoms with Crippen LogP contribution in [0.3, 0.4) is 0 Å². The summed E-state index contributed by atoms with van der Waals surface area (Å²) in [5, 5.41) is 6.99. The van der Waals surface area contributed by atoms with Gasteiger partial charge >= 0.3 is 0 Å². The number of benzene rings is 1. The van der Waals surface area contributed by atoms with Gasteiger partial charge in [-0.25, -0.2) is 5.43 Å². The van der Waals surface area contributed by atoms with Crippen LogP contribution in [0.2, 0.25) is 0 Å². The van der Waals surface area contributed by atoms with Crippen molar-refractivity contribution in [2.24, 2.45) is 5.10 Å². The molecule has 108 valence electrons. The Kier molecular flexibility index (Phi) is 5.68. The van der Waals surface area contributed by atoms with Crippen molar-refractivity contribution < 1.29 is 4.79 Å². The van der Waals surface area contributed by atoms with Crippen LogP contribution in [0, 0.1) is 10.5 Å². The second-order valence-electron chi connectivity index (χ2n) is 4.39. The minimum atomic E-state index is -0.196. The van der Waals surface area contributed by atoms with E-state index in [-0.39, 0.29) is 12.5 Å². The highest BCUT2D eigenvalue weighted by Gasteiger charge is 2.02. The maximum absolute atomic E-state index is 11.7. The predicted molar refractivity (Wildman–Crippen MR) is 92.4 cm³/mol. The van der Waals surface area contributed by atoms with Gasteiger partial charge in [0.1, 0.15) is 0 Å². The molecule has 1 aromatic heterocycles.